The van der Waals surface area contributed by atoms with E-state index in [1.54, 1.807) is 0 Å². The van der Waals surface area contributed by atoms with Crippen molar-refractivity contribution in [2.24, 2.45) is 0 Å². The number of hydrogen-bond acceptors (Lipinski definition) is 5. The van der Waals surface area contributed by atoms with Gasteiger partial charge in [0.15, 0.2) is 5.82 Å². The highest BCUT2D eigenvalue weighted by atomic mass is 16.5. The predicted molar refractivity (Wildman–Crippen MR) is 56.2 cm³/mol. The Labute approximate surface area is 87.3 Å². The number of aromatic nitrogens is 2. The van der Waals surface area contributed by atoms with Crippen LogP contribution in [0.5, 0.6) is 5.75 Å². The number of aliphatic hydroxyl groups is 1. The van der Waals surface area contributed by atoms with Crippen molar-refractivity contribution in [3.8, 4) is 5.75 Å². The summed E-state index contributed by atoms with van der Waals surface area (Å²) in [5.74, 6) is 0.546. The van der Waals surface area contributed by atoms with Gasteiger partial charge in [-0.05, 0) is 13.3 Å². The quantitative estimate of drug-likeness (QED) is 0.639. The maximum atomic E-state index is 11.3. The lowest BCUT2D eigenvalue weighted by Gasteiger charge is -2.14. The van der Waals surface area contributed by atoms with Crippen LogP contribution in [0.2, 0.25) is 0 Å². The largest absolute Gasteiger partial charge is 0.489 e. The second-order valence-electron chi connectivity index (χ2n) is 3.17. The Kier molecular flexibility index (Phi) is 4.11. The number of nitrogens with one attached hydrogen (secondary N) is 2. The van der Waals surface area contributed by atoms with Gasteiger partial charge in [-0.25, -0.2) is 4.98 Å². The fraction of sp³-hybridized carbons (Fsp3) is 0.556. The summed E-state index contributed by atoms with van der Waals surface area (Å²) in [7, 11) is 1.41. The molecule has 1 aromatic rings. The molecule has 6 nitrogen and oxygen atoms in total. The van der Waals surface area contributed by atoms with Gasteiger partial charge in [-0.1, -0.05) is 0 Å². The van der Waals surface area contributed by atoms with E-state index < -0.39 is 0 Å². The Balaban J connectivity index is 2.84. The topological polar surface area (TPSA) is 87.2 Å². The molecule has 84 valence electrons. The first-order valence-corrected chi connectivity index (χ1v) is 4.68. The number of ether oxygens (including phenoxy) is 1. The van der Waals surface area contributed by atoms with Crippen LogP contribution >= 0.6 is 0 Å². The zero-order valence-corrected chi connectivity index (χ0v) is 8.78. The van der Waals surface area contributed by atoms with Gasteiger partial charge in [0.05, 0.1) is 13.4 Å². The van der Waals surface area contributed by atoms with Crippen LogP contribution in [0.25, 0.3) is 0 Å². The Morgan fingerprint density at radius 1 is 1.73 bits per heavy atom. The lowest BCUT2D eigenvalue weighted by Crippen LogP contribution is -2.21. The zero-order valence-electron chi connectivity index (χ0n) is 8.78. The van der Waals surface area contributed by atoms with Crippen LogP contribution in [0.15, 0.2) is 11.1 Å². The number of aromatic amines is 1. The molecule has 1 atom stereocenters. The van der Waals surface area contributed by atoms with Gasteiger partial charge in [0.2, 0.25) is 5.75 Å². The first-order valence-electron chi connectivity index (χ1n) is 4.68. The molecule has 0 bridgehead atoms. The van der Waals surface area contributed by atoms with Gasteiger partial charge in [0.25, 0.3) is 5.56 Å². The fourth-order valence-corrected chi connectivity index (χ4v) is 1.18. The highest BCUT2D eigenvalue weighted by molar-refractivity contribution is 5.48. The highest BCUT2D eigenvalue weighted by Crippen LogP contribution is 2.15. The van der Waals surface area contributed by atoms with Crippen LogP contribution in [0, 0.1) is 0 Å². The van der Waals surface area contributed by atoms with Crippen molar-refractivity contribution < 1.29 is 9.84 Å². The van der Waals surface area contributed by atoms with Crippen molar-refractivity contribution in [3.05, 3.63) is 16.7 Å². The van der Waals surface area contributed by atoms with E-state index in [9.17, 15) is 4.79 Å². The third kappa shape index (κ3) is 2.95. The second-order valence-corrected chi connectivity index (χ2v) is 3.17. The van der Waals surface area contributed by atoms with Gasteiger partial charge in [0, 0.05) is 12.6 Å². The molecule has 0 spiro atoms. The monoisotopic (exact) mass is 213 g/mol. The van der Waals surface area contributed by atoms with E-state index in [1.807, 2.05) is 6.92 Å². The first-order chi connectivity index (χ1) is 7.19. The minimum atomic E-state index is -0.328. The van der Waals surface area contributed by atoms with E-state index in [2.05, 4.69) is 15.3 Å². The Morgan fingerprint density at radius 3 is 3.07 bits per heavy atom. The molecular formula is C9H15N3O3. The van der Waals surface area contributed by atoms with E-state index in [1.165, 1.54) is 13.4 Å². The fourth-order valence-electron chi connectivity index (χ4n) is 1.18. The van der Waals surface area contributed by atoms with Crippen LogP contribution in [-0.4, -0.2) is 34.8 Å². The molecule has 0 saturated heterocycles. The minimum absolute atomic E-state index is 0.0261. The Morgan fingerprint density at radius 2 is 2.47 bits per heavy atom. The summed E-state index contributed by atoms with van der Waals surface area (Å²) in [6.45, 7) is 1.97. The summed E-state index contributed by atoms with van der Waals surface area (Å²) in [5, 5.41) is 11.7. The van der Waals surface area contributed by atoms with Crippen LogP contribution in [-0.2, 0) is 0 Å². The molecule has 1 aromatic heterocycles. The lowest BCUT2D eigenvalue weighted by atomic mass is 10.2. The molecule has 1 rings (SSSR count). The molecule has 0 aliphatic carbocycles. The molecule has 0 aliphatic rings. The average Bonchev–Trinajstić information content (AvgIpc) is 2.18. The number of hydrogen-bond donors (Lipinski definition) is 3. The second kappa shape index (κ2) is 5.35. The number of H-pyrrole nitrogens is 1. The molecule has 0 saturated carbocycles. The van der Waals surface area contributed by atoms with E-state index in [4.69, 9.17) is 9.84 Å². The zero-order chi connectivity index (χ0) is 11.3. The van der Waals surface area contributed by atoms with Crippen molar-refractivity contribution in [3.63, 3.8) is 0 Å². The van der Waals surface area contributed by atoms with Gasteiger partial charge in [-0.2, -0.15) is 0 Å². The summed E-state index contributed by atoms with van der Waals surface area (Å²) < 4.78 is 4.92. The van der Waals surface area contributed by atoms with E-state index in [-0.39, 0.29) is 24.0 Å². The average molecular weight is 213 g/mol. The summed E-state index contributed by atoms with van der Waals surface area (Å²) in [6.07, 6.45) is 1.89. The molecule has 0 fully saturated rings. The van der Waals surface area contributed by atoms with E-state index in [0.717, 1.165) is 0 Å². The van der Waals surface area contributed by atoms with Crippen LogP contribution in [0.3, 0.4) is 0 Å². The number of nitrogens with zero attached hydrogens (tertiary/aromatic N) is 1. The molecule has 0 aliphatic heterocycles. The van der Waals surface area contributed by atoms with E-state index in [0.29, 0.717) is 12.2 Å². The molecule has 3 N–H and O–H groups in total. The molecule has 0 aromatic carbocycles. The van der Waals surface area contributed by atoms with Gasteiger partial charge >= 0.3 is 0 Å². The van der Waals surface area contributed by atoms with Crippen LogP contribution in [0.4, 0.5) is 5.82 Å². The summed E-state index contributed by atoms with van der Waals surface area (Å²) in [6, 6.07) is 0.0261. The van der Waals surface area contributed by atoms with Crippen molar-refractivity contribution in [1.82, 2.24) is 9.97 Å². The maximum Gasteiger partial charge on any atom is 0.295 e. The number of anilines is 1. The van der Waals surface area contributed by atoms with Gasteiger partial charge in [0.1, 0.15) is 0 Å². The standard InChI is InChI=1S/C9H15N3O3/c1-6(3-4-13)12-8-7(15-2)9(14)11-5-10-8/h5-6,13H,3-4H2,1-2H3,(H2,10,11,12,14). The maximum absolute atomic E-state index is 11.3. The minimum Gasteiger partial charge on any atom is -0.489 e. The van der Waals surface area contributed by atoms with Crippen molar-refractivity contribution in [1.29, 1.82) is 0 Å². The Bertz CT molecular complexity index is 364. The van der Waals surface area contributed by atoms with Crippen molar-refractivity contribution in [2.75, 3.05) is 19.0 Å². The molecule has 1 heterocycles. The van der Waals surface area contributed by atoms with Crippen LogP contribution < -0.4 is 15.6 Å². The number of aliphatic hydroxyl groups excluding tert-OH is 1. The molecule has 1 unspecified atom stereocenters. The van der Waals surface area contributed by atoms with Crippen molar-refractivity contribution >= 4 is 5.82 Å². The van der Waals surface area contributed by atoms with Gasteiger partial charge < -0.3 is 20.1 Å². The SMILES string of the molecule is COc1c(NC(C)CCO)nc[nH]c1=O. The van der Waals surface area contributed by atoms with Crippen LogP contribution in [0.1, 0.15) is 13.3 Å². The highest BCUT2D eigenvalue weighted by Gasteiger charge is 2.10. The third-order valence-electron chi connectivity index (χ3n) is 1.96. The lowest BCUT2D eigenvalue weighted by molar-refractivity contribution is 0.282. The Hall–Kier alpha value is -1.56. The third-order valence-corrected chi connectivity index (χ3v) is 1.96. The number of rotatable bonds is 5. The smallest absolute Gasteiger partial charge is 0.295 e. The van der Waals surface area contributed by atoms with Gasteiger partial charge in [-0.15, -0.1) is 0 Å². The number of methoxy groups -OCH3 is 1. The normalized spacial score (nSPS) is 12.2. The molecule has 0 radical (unpaired) electrons. The first kappa shape index (κ1) is 11.5. The van der Waals surface area contributed by atoms with Gasteiger partial charge in [-0.3, -0.25) is 4.79 Å². The predicted octanol–water partition coefficient (Wildman–Crippen LogP) is -0.0387. The molecular weight excluding hydrogens is 198 g/mol. The summed E-state index contributed by atoms with van der Waals surface area (Å²) in [4.78, 5) is 17.7. The molecule has 15 heavy (non-hydrogen) atoms. The summed E-state index contributed by atoms with van der Waals surface area (Å²) in [5.41, 5.74) is -0.328. The summed E-state index contributed by atoms with van der Waals surface area (Å²) >= 11 is 0. The van der Waals surface area contributed by atoms with Crippen molar-refractivity contribution in [2.45, 2.75) is 19.4 Å². The molecule has 6 heteroatoms. The van der Waals surface area contributed by atoms with E-state index >= 15 is 0 Å². The molecule has 0 amide bonds.